The van der Waals surface area contributed by atoms with Crippen LogP contribution < -0.4 is 15.4 Å². The molecule has 0 aliphatic heterocycles. The minimum Gasteiger partial charge on any atom is -0.471 e. The Labute approximate surface area is 201 Å². The SMILES string of the molecule is CCc1ccc(OCn2cc(NC(=S)Nc3ccn(Cc4c(F)cccc4Cl)n3)cn2)cc1. The molecular weight excluding hydrogens is 463 g/mol. The highest BCUT2D eigenvalue weighted by atomic mass is 35.5. The average molecular weight is 485 g/mol. The van der Waals surface area contributed by atoms with Crippen LogP contribution in [0.25, 0.3) is 0 Å². The smallest absolute Gasteiger partial charge is 0.180 e. The highest BCUT2D eigenvalue weighted by molar-refractivity contribution is 7.80. The maximum Gasteiger partial charge on any atom is 0.180 e. The molecule has 4 rings (SSSR count). The molecular formula is C23H22ClFN6OS. The van der Waals surface area contributed by atoms with E-state index in [4.69, 9.17) is 28.6 Å². The van der Waals surface area contributed by atoms with Gasteiger partial charge in [0.05, 0.1) is 24.6 Å². The summed E-state index contributed by atoms with van der Waals surface area (Å²) in [6.07, 6.45) is 6.14. The number of benzene rings is 2. The standard InChI is InChI=1S/C23H22ClFN6OS/c1-2-16-6-8-18(9-7-16)32-15-31-13-17(12-26-31)27-23(33)28-22-10-11-30(29-22)14-19-20(24)4-3-5-21(19)25/h3-13H,2,14-15H2,1H3,(H2,27,28,29,33). The van der Waals surface area contributed by atoms with Crippen LogP contribution in [-0.4, -0.2) is 24.7 Å². The van der Waals surface area contributed by atoms with E-state index in [1.807, 2.05) is 24.3 Å². The van der Waals surface area contributed by atoms with Gasteiger partial charge in [-0.05, 0) is 48.5 Å². The summed E-state index contributed by atoms with van der Waals surface area (Å²) in [5, 5.41) is 15.4. The number of halogens is 2. The van der Waals surface area contributed by atoms with E-state index in [0.717, 1.165) is 12.2 Å². The van der Waals surface area contributed by atoms with E-state index in [9.17, 15) is 4.39 Å². The largest absolute Gasteiger partial charge is 0.471 e. The van der Waals surface area contributed by atoms with Gasteiger partial charge in [-0.25, -0.2) is 9.07 Å². The molecule has 0 amide bonds. The second-order valence-electron chi connectivity index (χ2n) is 7.22. The fraction of sp³-hybridized carbons (Fsp3) is 0.174. The van der Waals surface area contributed by atoms with Gasteiger partial charge >= 0.3 is 0 Å². The number of hydrogen-bond acceptors (Lipinski definition) is 4. The molecule has 2 aromatic heterocycles. The van der Waals surface area contributed by atoms with Gasteiger partial charge in [0.25, 0.3) is 0 Å². The van der Waals surface area contributed by atoms with Crippen molar-refractivity contribution in [3.8, 4) is 5.75 Å². The van der Waals surface area contributed by atoms with E-state index in [2.05, 4.69) is 27.8 Å². The third-order valence-electron chi connectivity index (χ3n) is 4.85. The molecule has 170 valence electrons. The molecule has 0 bridgehead atoms. The van der Waals surface area contributed by atoms with Crippen molar-refractivity contribution in [3.05, 3.63) is 89.1 Å². The molecule has 0 aliphatic rings. The van der Waals surface area contributed by atoms with Gasteiger partial charge < -0.3 is 15.4 Å². The molecule has 2 N–H and O–H groups in total. The van der Waals surface area contributed by atoms with Gasteiger partial charge in [-0.15, -0.1) is 0 Å². The normalized spacial score (nSPS) is 10.8. The molecule has 0 aliphatic carbocycles. The molecule has 33 heavy (non-hydrogen) atoms. The molecule has 7 nitrogen and oxygen atoms in total. The van der Waals surface area contributed by atoms with Crippen LogP contribution in [0.3, 0.4) is 0 Å². The first kappa shape index (κ1) is 22.8. The topological polar surface area (TPSA) is 68.9 Å². The van der Waals surface area contributed by atoms with E-state index in [1.165, 1.54) is 11.6 Å². The Morgan fingerprint density at radius 1 is 1.12 bits per heavy atom. The summed E-state index contributed by atoms with van der Waals surface area (Å²) in [6.45, 7) is 2.60. The Kier molecular flexibility index (Phi) is 7.21. The molecule has 0 fully saturated rings. The van der Waals surface area contributed by atoms with Crippen molar-refractivity contribution < 1.29 is 9.13 Å². The monoisotopic (exact) mass is 484 g/mol. The number of aromatic nitrogens is 4. The molecule has 2 aromatic carbocycles. The summed E-state index contributed by atoms with van der Waals surface area (Å²) >= 11 is 11.4. The zero-order valence-electron chi connectivity index (χ0n) is 17.8. The second-order valence-corrected chi connectivity index (χ2v) is 8.03. The summed E-state index contributed by atoms with van der Waals surface area (Å²) in [7, 11) is 0. The number of nitrogens with zero attached hydrogens (tertiary/aromatic N) is 4. The lowest BCUT2D eigenvalue weighted by Crippen LogP contribution is -2.19. The van der Waals surface area contributed by atoms with Gasteiger partial charge in [-0.1, -0.05) is 36.7 Å². The van der Waals surface area contributed by atoms with Crippen LogP contribution in [0.5, 0.6) is 5.75 Å². The number of hydrogen-bond donors (Lipinski definition) is 2. The van der Waals surface area contributed by atoms with E-state index in [0.29, 0.717) is 27.2 Å². The first-order chi connectivity index (χ1) is 16.0. The summed E-state index contributed by atoms with van der Waals surface area (Å²) < 4.78 is 23.0. The quantitative estimate of drug-likeness (QED) is 0.329. The Morgan fingerprint density at radius 2 is 1.94 bits per heavy atom. The maximum absolute atomic E-state index is 14.0. The number of aryl methyl sites for hydroxylation is 1. The van der Waals surface area contributed by atoms with E-state index in [-0.39, 0.29) is 19.1 Å². The van der Waals surface area contributed by atoms with Crippen molar-refractivity contribution in [1.82, 2.24) is 19.6 Å². The number of ether oxygens (including phenoxy) is 1. The maximum atomic E-state index is 14.0. The average Bonchev–Trinajstić information content (AvgIpc) is 3.44. The Hall–Kier alpha value is -3.43. The van der Waals surface area contributed by atoms with Crippen molar-refractivity contribution in [2.75, 3.05) is 10.6 Å². The van der Waals surface area contributed by atoms with E-state index in [1.54, 1.807) is 46.2 Å². The highest BCUT2D eigenvalue weighted by Crippen LogP contribution is 2.20. The van der Waals surface area contributed by atoms with Crippen LogP contribution in [0.2, 0.25) is 5.02 Å². The Bertz CT molecular complexity index is 1220. The van der Waals surface area contributed by atoms with Crippen LogP contribution in [0, 0.1) is 5.82 Å². The summed E-state index contributed by atoms with van der Waals surface area (Å²) in [6, 6.07) is 14.3. The predicted octanol–water partition coefficient (Wildman–Crippen LogP) is 5.33. The first-order valence-corrected chi connectivity index (χ1v) is 11.1. The number of thiocarbonyl (C=S) groups is 1. The minimum absolute atomic E-state index is 0.210. The number of nitrogens with one attached hydrogen (secondary N) is 2. The summed E-state index contributed by atoms with van der Waals surface area (Å²) in [5.41, 5.74) is 2.34. The summed E-state index contributed by atoms with van der Waals surface area (Å²) in [5.74, 6) is 0.927. The zero-order chi connectivity index (χ0) is 23.2. The number of anilines is 2. The molecule has 10 heteroatoms. The fourth-order valence-corrected chi connectivity index (χ4v) is 3.55. The van der Waals surface area contributed by atoms with Gasteiger partial charge in [0, 0.05) is 22.8 Å². The molecule has 0 unspecified atom stereocenters. The van der Waals surface area contributed by atoms with E-state index >= 15 is 0 Å². The van der Waals surface area contributed by atoms with E-state index < -0.39 is 0 Å². The van der Waals surface area contributed by atoms with Crippen molar-refractivity contribution in [3.63, 3.8) is 0 Å². The lowest BCUT2D eigenvalue weighted by molar-refractivity contribution is 0.221. The summed E-state index contributed by atoms with van der Waals surface area (Å²) in [4.78, 5) is 0. The molecule has 4 aromatic rings. The molecule has 0 saturated carbocycles. The lowest BCUT2D eigenvalue weighted by Gasteiger charge is -2.08. The predicted molar refractivity (Wildman–Crippen MR) is 131 cm³/mol. The van der Waals surface area contributed by atoms with Gasteiger partial charge in [0.15, 0.2) is 17.7 Å². The van der Waals surface area contributed by atoms with Gasteiger partial charge in [-0.2, -0.15) is 10.2 Å². The molecule has 0 radical (unpaired) electrons. The molecule has 2 heterocycles. The molecule has 0 atom stereocenters. The van der Waals surface area contributed by atoms with Crippen LogP contribution in [-0.2, 0) is 19.7 Å². The number of rotatable bonds is 8. The van der Waals surface area contributed by atoms with Gasteiger partial charge in [0.2, 0.25) is 0 Å². The lowest BCUT2D eigenvalue weighted by atomic mass is 10.2. The molecule has 0 saturated heterocycles. The second kappa shape index (κ2) is 10.5. The van der Waals surface area contributed by atoms with Crippen LogP contribution in [0.15, 0.2) is 67.1 Å². The van der Waals surface area contributed by atoms with Crippen LogP contribution in [0.4, 0.5) is 15.9 Å². The third kappa shape index (κ3) is 6.09. The van der Waals surface area contributed by atoms with Crippen molar-refractivity contribution >= 4 is 40.4 Å². The minimum atomic E-state index is -0.372. The molecule has 0 spiro atoms. The first-order valence-electron chi connectivity index (χ1n) is 10.3. The van der Waals surface area contributed by atoms with Gasteiger partial charge in [0.1, 0.15) is 11.6 Å². The van der Waals surface area contributed by atoms with Crippen molar-refractivity contribution in [1.29, 1.82) is 0 Å². The highest BCUT2D eigenvalue weighted by Gasteiger charge is 2.10. The van der Waals surface area contributed by atoms with Crippen molar-refractivity contribution in [2.45, 2.75) is 26.6 Å². The third-order valence-corrected chi connectivity index (χ3v) is 5.41. The van der Waals surface area contributed by atoms with Crippen LogP contribution >= 0.6 is 23.8 Å². The van der Waals surface area contributed by atoms with Gasteiger partial charge in [-0.3, -0.25) is 4.68 Å². The zero-order valence-corrected chi connectivity index (χ0v) is 19.4. The fourth-order valence-electron chi connectivity index (χ4n) is 3.10. The van der Waals surface area contributed by atoms with Crippen LogP contribution in [0.1, 0.15) is 18.1 Å². The van der Waals surface area contributed by atoms with Crippen molar-refractivity contribution in [2.24, 2.45) is 0 Å². The Balaban J connectivity index is 1.28. The Morgan fingerprint density at radius 3 is 2.70 bits per heavy atom.